The quantitative estimate of drug-likeness (QED) is 0.0553. The zero-order valence-electron chi connectivity index (χ0n) is 12.9. The van der Waals surface area contributed by atoms with Crippen LogP contribution in [0.15, 0.2) is 0 Å². The molecule has 0 bridgehead atoms. The van der Waals surface area contributed by atoms with Gasteiger partial charge in [0.1, 0.15) is 0 Å². The molecule has 6 nitrogen and oxygen atoms in total. The van der Waals surface area contributed by atoms with Crippen molar-refractivity contribution in [2.45, 2.75) is 57.0 Å². The Hall–Kier alpha value is 0.350. The van der Waals surface area contributed by atoms with E-state index in [4.69, 9.17) is 11.5 Å². The topological polar surface area (TPSA) is 121 Å². The van der Waals surface area contributed by atoms with Crippen LogP contribution < -0.4 is 36.5 Å². The summed E-state index contributed by atoms with van der Waals surface area (Å²) in [6, 6.07) is 0. The van der Waals surface area contributed by atoms with Crippen molar-refractivity contribution in [1.29, 1.82) is 0 Å². The van der Waals surface area contributed by atoms with Crippen LogP contribution in [-0.2, 0) is 9.53 Å². The van der Waals surface area contributed by atoms with Crippen molar-refractivity contribution in [3.63, 3.8) is 0 Å². The molecule has 0 aromatic heterocycles. The van der Waals surface area contributed by atoms with Gasteiger partial charge in [-0.15, -0.1) is 0 Å². The number of esters is 1. The van der Waals surface area contributed by atoms with Crippen LogP contribution in [0.5, 0.6) is 0 Å². The first-order valence-corrected chi connectivity index (χ1v) is 10.6. The number of hydrogen-bond acceptors (Lipinski definition) is 6. The molecule has 3 atom stereocenters. The fourth-order valence-electron chi connectivity index (χ4n) is 2.80. The predicted octanol–water partition coefficient (Wildman–Crippen LogP) is -1.75. The average molecular weight is 618 g/mol. The van der Waals surface area contributed by atoms with E-state index in [0.717, 1.165) is 0 Å². The second-order valence-corrected chi connectivity index (χ2v) is 10.7. The van der Waals surface area contributed by atoms with Crippen LogP contribution >= 0.6 is 22.6 Å². The second-order valence-electron chi connectivity index (χ2n) is 6.24. The summed E-state index contributed by atoms with van der Waals surface area (Å²) < 4.78 is 83.4. The molecular weight excluding hydrogens is 602 g/mol. The molecule has 2 unspecified atom stereocenters. The number of nitrogens with two attached hydrogens (primary N) is 2. The van der Waals surface area contributed by atoms with E-state index in [0.29, 0.717) is 12.8 Å². The third-order valence-corrected chi connectivity index (χ3v) is 9.34. The molecule has 6 N–H and O–H groups in total. The number of halogens is 8. The molecule has 0 amide bonds. The SMILES string of the molecule is NC1(C(N)(I)C(=O)O[C@@H](C2CCCC2)C(O)(C(F)(F)F)C(F)(F)F)N[I-]1. The normalized spacial score (nSPS) is 28.8. The van der Waals surface area contributed by atoms with Crippen LogP contribution in [0.3, 0.4) is 0 Å². The summed E-state index contributed by atoms with van der Waals surface area (Å²) in [6.45, 7) is 0. The van der Waals surface area contributed by atoms with E-state index in [1.807, 2.05) is 0 Å². The Bertz CT molecular complexity index is 547. The maximum absolute atomic E-state index is 13.3. The zero-order valence-corrected chi connectivity index (χ0v) is 17.2. The van der Waals surface area contributed by atoms with Crippen molar-refractivity contribution in [3.8, 4) is 0 Å². The van der Waals surface area contributed by atoms with Gasteiger partial charge in [0, 0.05) is 0 Å². The number of ether oxygens (including phenoxy) is 1. The molecule has 1 heterocycles. The van der Waals surface area contributed by atoms with Gasteiger partial charge in [-0.1, -0.05) is 0 Å². The Morgan fingerprint density at radius 1 is 1.23 bits per heavy atom. The van der Waals surface area contributed by atoms with E-state index < -0.39 is 64.6 Å². The van der Waals surface area contributed by atoms with Crippen molar-refractivity contribution < 1.29 is 62.5 Å². The van der Waals surface area contributed by atoms with Crippen molar-refractivity contribution in [3.05, 3.63) is 0 Å². The van der Waals surface area contributed by atoms with E-state index in [-0.39, 0.29) is 12.8 Å². The van der Waals surface area contributed by atoms with Crippen molar-refractivity contribution in [1.82, 2.24) is 3.53 Å². The Balaban J connectivity index is 2.41. The molecular formula is C12H16F6I2N3O3-. The molecule has 26 heavy (non-hydrogen) atoms. The van der Waals surface area contributed by atoms with Gasteiger partial charge < -0.3 is 0 Å². The number of nitrogens with one attached hydrogen (secondary N) is 1. The molecule has 1 saturated carbocycles. The van der Waals surface area contributed by atoms with Crippen LogP contribution in [-0.4, -0.2) is 42.3 Å². The summed E-state index contributed by atoms with van der Waals surface area (Å²) >= 11 is 0.379. The molecule has 154 valence electrons. The minimum absolute atomic E-state index is 0.0514. The summed E-state index contributed by atoms with van der Waals surface area (Å²) in [5, 5.41) is 9.73. The number of alkyl halides is 8. The van der Waals surface area contributed by atoms with Crippen molar-refractivity contribution in [2.75, 3.05) is 0 Å². The molecule has 0 aromatic rings. The molecule has 1 saturated heterocycles. The first kappa shape index (κ1) is 22.6. The van der Waals surface area contributed by atoms with E-state index in [9.17, 15) is 36.2 Å². The van der Waals surface area contributed by atoms with E-state index in [1.165, 1.54) is 22.6 Å². The number of carbonyl (C=O) groups is 1. The fraction of sp³-hybridized carbons (Fsp3) is 0.917. The molecule has 1 aliphatic carbocycles. The Morgan fingerprint density at radius 2 is 1.65 bits per heavy atom. The van der Waals surface area contributed by atoms with Crippen molar-refractivity contribution >= 4 is 28.6 Å². The molecule has 2 aliphatic rings. The summed E-state index contributed by atoms with van der Waals surface area (Å²) in [7, 11) is 0. The Morgan fingerprint density at radius 3 is 2.00 bits per heavy atom. The first-order chi connectivity index (χ1) is 11.6. The molecule has 2 rings (SSSR count). The standard InChI is InChI=1S/C12H16F6I2N3O3/c13-10(14,15)8(25,11(16,17)18)6(5-3-1-2-4-5)26-7(24)9(19,21)12(22)20-23-12/h5-6,23,25H,1-4,21-22H2/q-1/t6-,9?,12?/m0/s1. The molecule has 2 fully saturated rings. The van der Waals surface area contributed by atoms with Crippen LogP contribution in [0.4, 0.5) is 26.3 Å². The van der Waals surface area contributed by atoms with Gasteiger partial charge in [-0.3, -0.25) is 0 Å². The van der Waals surface area contributed by atoms with E-state index in [1.54, 1.807) is 0 Å². The summed E-state index contributed by atoms with van der Waals surface area (Å²) in [4.78, 5) is 12.3. The van der Waals surface area contributed by atoms with Crippen LogP contribution in [0.1, 0.15) is 25.7 Å². The van der Waals surface area contributed by atoms with Crippen LogP contribution in [0.2, 0.25) is 0 Å². The van der Waals surface area contributed by atoms with Crippen LogP contribution in [0, 0.1) is 5.92 Å². The van der Waals surface area contributed by atoms with Gasteiger partial charge in [0.25, 0.3) is 0 Å². The van der Waals surface area contributed by atoms with Gasteiger partial charge in [-0.05, 0) is 0 Å². The first-order valence-electron chi connectivity index (χ1n) is 7.33. The monoisotopic (exact) mass is 618 g/mol. The molecule has 14 heteroatoms. The third kappa shape index (κ3) is 3.77. The van der Waals surface area contributed by atoms with E-state index >= 15 is 0 Å². The minimum atomic E-state index is -6.10. The summed E-state index contributed by atoms with van der Waals surface area (Å²) in [5.41, 5.74) is 6.25. The second kappa shape index (κ2) is 7.00. The summed E-state index contributed by atoms with van der Waals surface area (Å²) in [6.07, 6.45) is -14.5. The number of hydrogen-bond donors (Lipinski definition) is 4. The van der Waals surface area contributed by atoms with E-state index in [2.05, 4.69) is 8.27 Å². The van der Waals surface area contributed by atoms with Gasteiger partial charge in [0.05, 0.1) is 0 Å². The molecule has 1 aliphatic heterocycles. The number of rotatable bonds is 5. The number of carbonyl (C=O) groups excluding carboxylic acids is 1. The van der Waals surface area contributed by atoms with Gasteiger partial charge in [0.2, 0.25) is 0 Å². The molecule has 0 aromatic carbocycles. The zero-order chi connectivity index (χ0) is 20.2. The molecule has 0 spiro atoms. The Labute approximate surface area is 168 Å². The van der Waals surface area contributed by atoms with Gasteiger partial charge in [-0.25, -0.2) is 0 Å². The van der Waals surface area contributed by atoms with Gasteiger partial charge in [-0.2, -0.15) is 0 Å². The van der Waals surface area contributed by atoms with Crippen LogP contribution in [0.25, 0.3) is 0 Å². The van der Waals surface area contributed by atoms with Crippen molar-refractivity contribution in [2.24, 2.45) is 17.4 Å². The fourth-order valence-corrected chi connectivity index (χ4v) is 5.59. The summed E-state index contributed by atoms with van der Waals surface area (Å²) in [5.74, 6) is -2.84. The number of aliphatic hydroxyl groups is 1. The molecule has 0 radical (unpaired) electrons. The van der Waals surface area contributed by atoms with Gasteiger partial charge >= 0.3 is 169 Å². The van der Waals surface area contributed by atoms with Gasteiger partial charge in [0.15, 0.2) is 0 Å². The predicted molar refractivity (Wildman–Crippen MR) is 79.9 cm³/mol. The third-order valence-electron chi connectivity index (χ3n) is 4.46. The Kier molecular flexibility index (Phi) is 6.09. The average Bonchev–Trinajstić information content (AvgIpc) is 3.03. The maximum atomic E-state index is 13.3.